The van der Waals surface area contributed by atoms with Crippen LogP contribution in [-0.2, 0) is 28.7 Å². The molecule has 1 aromatic heterocycles. The smallest absolute Gasteiger partial charge is 0.220 e. The van der Waals surface area contributed by atoms with Crippen LogP contribution in [0.2, 0.25) is 0 Å². The maximum atomic E-state index is 13.3. The number of rotatable bonds is 4. The van der Waals surface area contributed by atoms with E-state index in [0.717, 1.165) is 11.1 Å². The van der Waals surface area contributed by atoms with Crippen molar-refractivity contribution in [1.29, 1.82) is 0 Å². The summed E-state index contributed by atoms with van der Waals surface area (Å²) in [5.41, 5.74) is 3.60. The Bertz CT molecular complexity index is 762. The van der Waals surface area contributed by atoms with Crippen LogP contribution in [-0.4, -0.2) is 35.5 Å². The molecule has 0 spiro atoms. The fourth-order valence-electron chi connectivity index (χ4n) is 2.65. The molecule has 0 aliphatic carbocycles. The van der Waals surface area contributed by atoms with Gasteiger partial charge in [-0.15, -0.1) is 11.3 Å². The highest BCUT2D eigenvalue weighted by molar-refractivity contribution is 7.88. The van der Waals surface area contributed by atoms with Gasteiger partial charge >= 0.3 is 0 Å². The highest BCUT2D eigenvalue weighted by Crippen LogP contribution is 2.27. The number of benzene rings is 1. The summed E-state index contributed by atoms with van der Waals surface area (Å²) in [5.74, 6) is -0.544. The zero-order valence-corrected chi connectivity index (χ0v) is 13.3. The molecule has 0 fully saturated rings. The number of aliphatic hydroxyl groups is 1. The summed E-state index contributed by atoms with van der Waals surface area (Å²) in [6.07, 6.45) is 0.305. The average Bonchev–Trinajstić information content (AvgIpc) is 2.97. The summed E-state index contributed by atoms with van der Waals surface area (Å²) < 4.78 is 39.8. The lowest BCUT2D eigenvalue weighted by Gasteiger charge is -2.34. The molecule has 1 atom stereocenters. The van der Waals surface area contributed by atoms with Crippen LogP contribution >= 0.6 is 11.3 Å². The zero-order valence-electron chi connectivity index (χ0n) is 11.6. The summed E-state index contributed by atoms with van der Waals surface area (Å²) in [6.45, 7) is -0.153. The normalized spacial score (nSPS) is 19.1. The van der Waals surface area contributed by atoms with E-state index in [2.05, 4.69) is 4.98 Å². The molecule has 118 valence electrons. The van der Waals surface area contributed by atoms with Crippen LogP contribution in [0, 0.1) is 5.82 Å². The fraction of sp³-hybridized carbons (Fsp3) is 0.357. The number of thiazole rings is 1. The Morgan fingerprint density at radius 2 is 2.23 bits per heavy atom. The van der Waals surface area contributed by atoms with Crippen LogP contribution in [0.5, 0.6) is 0 Å². The molecule has 0 bridgehead atoms. The maximum absolute atomic E-state index is 13.3. The van der Waals surface area contributed by atoms with Crippen LogP contribution in [0.1, 0.15) is 16.8 Å². The van der Waals surface area contributed by atoms with Crippen molar-refractivity contribution in [2.75, 3.05) is 6.61 Å². The number of nitrogens with zero attached hydrogens (tertiary/aromatic N) is 2. The Hall–Kier alpha value is -1.35. The minimum Gasteiger partial charge on any atom is -0.395 e. The Morgan fingerprint density at radius 3 is 2.91 bits per heavy atom. The average molecular weight is 342 g/mol. The van der Waals surface area contributed by atoms with Gasteiger partial charge in [-0.2, -0.15) is 4.31 Å². The van der Waals surface area contributed by atoms with Gasteiger partial charge in [0.2, 0.25) is 10.0 Å². The van der Waals surface area contributed by atoms with E-state index in [1.807, 2.05) is 0 Å². The van der Waals surface area contributed by atoms with Gasteiger partial charge < -0.3 is 5.11 Å². The number of aromatic nitrogens is 1. The van der Waals surface area contributed by atoms with Crippen LogP contribution in [0.25, 0.3) is 0 Å². The first-order valence-electron chi connectivity index (χ1n) is 6.74. The van der Waals surface area contributed by atoms with Gasteiger partial charge in [0.25, 0.3) is 0 Å². The van der Waals surface area contributed by atoms with E-state index in [4.69, 9.17) is 0 Å². The van der Waals surface area contributed by atoms with Crippen molar-refractivity contribution < 1.29 is 17.9 Å². The third kappa shape index (κ3) is 3.05. The molecule has 0 unspecified atom stereocenters. The van der Waals surface area contributed by atoms with Gasteiger partial charge in [0.15, 0.2) is 0 Å². The van der Waals surface area contributed by atoms with Crippen molar-refractivity contribution >= 4 is 21.4 Å². The van der Waals surface area contributed by atoms with Crippen molar-refractivity contribution in [2.45, 2.75) is 24.8 Å². The van der Waals surface area contributed by atoms with Gasteiger partial charge in [0, 0.05) is 11.9 Å². The molecule has 2 aromatic rings. The quantitative estimate of drug-likeness (QED) is 0.915. The summed E-state index contributed by atoms with van der Waals surface area (Å²) >= 11 is 1.34. The standard InChI is InChI=1S/C14H15FN2O3S2/c15-12-2-1-10-5-17(14(6-18)4-11(10)3-12)22(19,20)8-13-7-21-9-16-13/h1-3,7,9,14,18H,4-6,8H2/t14-/m0/s1. The Kier molecular flexibility index (Phi) is 4.26. The molecule has 0 radical (unpaired) electrons. The van der Waals surface area contributed by atoms with Gasteiger partial charge in [-0.1, -0.05) is 6.07 Å². The second kappa shape index (κ2) is 6.04. The predicted octanol–water partition coefficient (Wildman–Crippen LogP) is 1.53. The maximum Gasteiger partial charge on any atom is 0.220 e. The summed E-state index contributed by atoms with van der Waals surface area (Å²) in [7, 11) is -3.60. The molecule has 22 heavy (non-hydrogen) atoms. The summed E-state index contributed by atoms with van der Waals surface area (Å²) in [4.78, 5) is 4.00. The molecule has 5 nitrogen and oxygen atoms in total. The van der Waals surface area contributed by atoms with Crippen molar-refractivity contribution in [2.24, 2.45) is 0 Å². The van der Waals surface area contributed by atoms with E-state index in [1.54, 1.807) is 17.0 Å². The van der Waals surface area contributed by atoms with Crippen LogP contribution in [0.3, 0.4) is 0 Å². The van der Waals surface area contributed by atoms with Crippen LogP contribution in [0.4, 0.5) is 4.39 Å². The first-order valence-corrected chi connectivity index (χ1v) is 9.29. The first kappa shape index (κ1) is 15.5. The highest BCUT2D eigenvalue weighted by atomic mass is 32.2. The van der Waals surface area contributed by atoms with Crippen molar-refractivity contribution in [1.82, 2.24) is 9.29 Å². The zero-order chi connectivity index (χ0) is 15.7. The second-order valence-electron chi connectivity index (χ2n) is 5.23. The SMILES string of the molecule is O=S(=O)(Cc1cscn1)N1Cc2ccc(F)cc2C[C@H]1CO. The Balaban J connectivity index is 1.90. The lowest BCUT2D eigenvalue weighted by atomic mass is 9.96. The topological polar surface area (TPSA) is 70.5 Å². The van der Waals surface area contributed by atoms with Gasteiger partial charge in [-0.05, 0) is 29.7 Å². The summed E-state index contributed by atoms with van der Waals surface area (Å²) in [5, 5.41) is 11.2. The third-order valence-corrected chi connectivity index (χ3v) is 6.18. The molecule has 0 amide bonds. The second-order valence-corrected chi connectivity index (χ2v) is 7.87. The molecule has 0 saturated carbocycles. The molecule has 0 saturated heterocycles. The molecule has 3 rings (SSSR count). The van der Waals surface area contributed by atoms with E-state index >= 15 is 0 Å². The van der Waals surface area contributed by atoms with E-state index in [-0.39, 0.29) is 24.7 Å². The monoisotopic (exact) mass is 342 g/mol. The van der Waals surface area contributed by atoms with Crippen molar-refractivity contribution in [3.8, 4) is 0 Å². The summed E-state index contributed by atoms with van der Waals surface area (Å²) in [6, 6.07) is 3.76. The van der Waals surface area contributed by atoms with E-state index in [1.165, 1.54) is 27.8 Å². The molecule has 8 heteroatoms. The minimum atomic E-state index is -3.60. The fourth-order valence-corrected chi connectivity index (χ4v) is 4.94. The van der Waals surface area contributed by atoms with Gasteiger partial charge in [0.05, 0.1) is 23.9 Å². The first-order chi connectivity index (χ1) is 10.5. The van der Waals surface area contributed by atoms with Gasteiger partial charge in [-0.3, -0.25) is 0 Å². The molecule has 1 aliphatic heterocycles. The number of sulfonamides is 1. The molecule has 2 heterocycles. The number of halogens is 1. The number of hydrogen-bond acceptors (Lipinski definition) is 5. The Morgan fingerprint density at radius 1 is 1.41 bits per heavy atom. The number of hydrogen-bond donors (Lipinski definition) is 1. The molecular formula is C14H15FN2O3S2. The largest absolute Gasteiger partial charge is 0.395 e. The lowest BCUT2D eigenvalue weighted by molar-refractivity contribution is 0.173. The van der Waals surface area contributed by atoms with Gasteiger partial charge in [0.1, 0.15) is 11.6 Å². The molecular weight excluding hydrogens is 327 g/mol. The van der Waals surface area contributed by atoms with Crippen LogP contribution in [0.15, 0.2) is 29.1 Å². The minimum absolute atomic E-state index is 0.146. The van der Waals surface area contributed by atoms with Crippen LogP contribution < -0.4 is 0 Å². The Labute approximate surface area is 132 Å². The highest BCUT2D eigenvalue weighted by Gasteiger charge is 2.34. The lowest BCUT2D eigenvalue weighted by Crippen LogP contribution is -2.46. The molecule has 1 aromatic carbocycles. The van der Waals surface area contributed by atoms with Crippen molar-refractivity contribution in [3.05, 3.63) is 51.7 Å². The third-order valence-electron chi connectivity index (χ3n) is 3.74. The van der Waals surface area contributed by atoms with Crippen molar-refractivity contribution in [3.63, 3.8) is 0 Å². The van der Waals surface area contributed by atoms with E-state index in [0.29, 0.717) is 12.1 Å². The van der Waals surface area contributed by atoms with E-state index in [9.17, 15) is 17.9 Å². The van der Waals surface area contributed by atoms with Gasteiger partial charge in [-0.25, -0.2) is 17.8 Å². The molecule has 1 aliphatic rings. The predicted molar refractivity (Wildman–Crippen MR) is 81.3 cm³/mol. The molecule has 1 N–H and O–H groups in total. The number of aliphatic hydroxyl groups excluding tert-OH is 1. The van der Waals surface area contributed by atoms with E-state index < -0.39 is 16.1 Å². The number of fused-ring (bicyclic) bond motifs is 1.